The van der Waals surface area contributed by atoms with Gasteiger partial charge in [-0.2, -0.15) is 0 Å². The molecule has 0 N–H and O–H groups in total. The molecule has 0 amide bonds. The standard InChI is InChI=1S/C33H39N3O/c1-20-11-12-36(19-21(2)13-20)27-9-10-28-32(37)18-31(35-33(28)26(7)16-27)30(34-8)17-29-24(5)14-22(3)23(4)15-25(29)6/h9-10,14,16-18,21,24H,1,11-13,19H2,2-8H3/b29-17+,34-30+/t21-,24?/m0/s1. The predicted octanol–water partition coefficient (Wildman–Crippen LogP) is 7.08. The summed E-state index contributed by atoms with van der Waals surface area (Å²) < 4.78 is 0. The van der Waals surface area contributed by atoms with Crippen LogP contribution >= 0.6 is 0 Å². The van der Waals surface area contributed by atoms with Crippen LogP contribution < -0.4 is 10.3 Å². The van der Waals surface area contributed by atoms with Crippen LogP contribution in [0.3, 0.4) is 0 Å². The molecule has 4 nitrogen and oxygen atoms in total. The molecule has 0 aromatic rings. The minimum atomic E-state index is -0.0323. The molecule has 1 unspecified atom stereocenters. The minimum Gasteiger partial charge on any atom is -0.371 e. The number of pyridine rings is 1. The van der Waals surface area contributed by atoms with Crippen LogP contribution in [0, 0.1) is 18.8 Å². The van der Waals surface area contributed by atoms with Crippen molar-refractivity contribution in [3.63, 3.8) is 0 Å². The second-order valence-corrected chi connectivity index (χ2v) is 10.8. The monoisotopic (exact) mass is 493 g/mol. The highest BCUT2D eigenvalue weighted by atomic mass is 16.1. The van der Waals surface area contributed by atoms with Gasteiger partial charge in [-0.15, -0.1) is 5.73 Å². The fraction of sp³-hybridized carbons (Fsp3) is 0.394. The molecule has 4 heteroatoms. The summed E-state index contributed by atoms with van der Waals surface area (Å²) in [6, 6.07) is 7.80. The number of hydrogen-bond donors (Lipinski definition) is 0. The zero-order valence-electron chi connectivity index (χ0n) is 23.4. The van der Waals surface area contributed by atoms with E-state index in [0.29, 0.717) is 22.9 Å². The fourth-order valence-electron chi connectivity index (χ4n) is 5.51. The molecule has 37 heavy (non-hydrogen) atoms. The Kier molecular flexibility index (Phi) is 7.80. The molecule has 4 aliphatic rings. The van der Waals surface area contributed by atoms with Crippen LogP contribution in [0.5, 0.6) is 0 Å². The SMILES string of the molecule is C=C1CCN(c2ccc3c(=O)cc(C(/C=C4/C(C)=C=C(C)C(C)=CC4C)=N/C)nc-3c(C)c2)C[C@@H](C)C1. The lowest BCUT2D eigenvalue weighted by molar-refractivity contribution is 0.587. The summed E-state index contributed by atoms with van der Waals surface area (Å²) in [5, 5.41) is 0. The average Bonchev–Trinajstić information content (AvgIpc) is 3.15. The van der Waals surface area contributed by atoms with E-state index in [2.05, 4.69) is 81.1 Å². The zero-order valence-corrected chi connectivity index (χ0v) is 23.4. The zero-order chi connectivity index (χ0) is 26.9. The van der Waals surface area contributed by atoms with Crippen molar-refractivity contribution in [1.82, 2.24) is 4.98 Å². The Labute approximate surface area is 221 Å². The van der Waals surface area contributed by atoms with E-state index < -0.39 is 0 Å². The topological polar surface area (TPSA) is 45.6 Å². The summed E-state index contributed by atoms with van der Waals surface area (Å²) in [5.41, 5.74) is 14.2. The summed E-state index contributed by atoms with van der Waals surface area (Å²) in [4.78, 5) is 25.3. The maximum Gasteiger partial charge on any atom is 0.190 e. The number of anilines is 1. The number of nitrogens with zero attached hydrogens (tertiary/aromatic N) is 3. The normalized spacial score (nSPS) is 22.4. The molecule has 192 valence electrons. The molecule has 0 aromatic carbocycles. The van der Waals surface area contributed by atoms with Gasteiger partial charge in [-0.1, -0.05) is 32.1 Å². The van der Waals surface area contributed by atoms with Crippen molar-refractivity contribution in [2.45, 2.75) is 54.4 Å². The van der Waals surface area contributed by atoms with Gasteiger partial charge in [0.25, 0.3) is 0 Å². The number of hydrogen-bond acceptors (Lipinski definition) is 4. The van der Waals surface area contributed by atoms with Gasteiger partial charge in [0.05, 0.1) is 17.1 Å². The molecule has 1 saturated heterocycles. The molecule has 0 bridgehead atoms. The molecule has 2 aliphatic heterocycles. The highest BCUT2D eigenvalue weighted by molar-refractivity contribution is 6.08. The summed E-state index contributed by atoms with van der Waals surface area (Å²) in [5.74, 6) is 0.760. The molecular formula is C33H39N3O. The van der Waals surface area contributed by atoms with Crippen LogP contribution in [0.1, 0.15) is 58.7 Å². The van der Waals surface area contributed by atoms with Gasteiger partial charge in [-0.25, -0.2) is 4.98 Å². The molecule has 2 aliphatic carbocycles. The van der Waals surface area contributed by atoms with E-state index in [4.69, 9.17) is 4.98 Å². The Morgan fingerprint density at radius 2 is 1.92 bits per heavy atom. The summed E-state index contributed by atoms with van der Waals surface area (Å²) in [7, 11) is 1.76. The van der Waals surface area contributed by atoms with Crippen LogP contribution in [0.4, 0.5) is 5.69 Å². The van der Waals surface area contributed by atoms with Crippen molar-refractivity contribution in [3.8, 4) is 11.3 Å². The van der Waals surface area contributed by atoms with Gasteiger partial charge in [0, 0.05) is 43.4 Å². The number of allylic oxidation sites excluding steroid dienone is 5. The lowest BCUT2D eigenvalue weighted by Crippen LogP contribution is -2.26. The van der Waals surface area contributed by atoms with Crippen LogP contribution in [0.2, 0.25) is 0 Å². The molecular weight excluding hydrogens is 454 g/mol. The largest absolute Gasteiger partial charge is 0.371 e. The van der Waals surface area contributed by atoms with Crippen molar-refractivity contribution in [2.75, 3.05) is 25.0 Å². The third-order valence-electron chi connectivity index (χ3n) is 7.63. The van der Waals surface area contributed by atoms with Crippen LogP contribution in [-0.2, 0) is 0 Å². The summed E-state index contributed by atoms with van der Waals surface area (Å²) in [6.07, 6.45) is 6.39. The fourth-order valence-corrected chi connectivity index (χ4v) is 5.51. The summed E-state index contributed by atoms with van der Waals surface area (Å²) >= 11 is 0. The Bertz CT molecular complexity index is 1430. The number of aliphatic imine (C=N–C) groups is 1. The van der Waals surface area contributed by atoms with E-state index in [9.17, 15) is 4.79 Å². The average molecular weight is 494 g/mol. The molecule has 2 heterocycles. The predicted molar refractivity (Wildman–Crippen MR) is 157 cm³/mol. The van der Waals surface area contributed by atoms with E-state index in [0.717, 1.165) is 59.6 Å². The summed E-state index contributed by atoms with van der Waals surface area (Å²) in [6.45, 7) is 19.0. The second kappa shape index (κ2) is 10.9. The molecule has 2 atom stereocenters. The Morgan fingerprint density at radius 1 is 1.16 bits per heavy atom. The van der Waals surface area contributed by atoms with Gasteiger partial charge in [-0.05, 0) is 98.6 Å². The van der Waals surface area contributed by atoms with E-state index in [-0.39, 0.29) is 11.3 Å². The van der Waals surface area contributed by atoms with Gasteiger partial charge < -0.3 is 4.90 Å². The van der Waals surface area contributed by atoms with Crippen molar-refractivity contribution in [3.05, 3.63) is 98.1 Å². The third-order valence-corrected chi connectivity index (χ3v) is 7.63. The number of aromatic nitrogens is 1. The molecule has 0 radical (unpaired) electrons. The van der Waals surface area contributed by atoms with Gasteiger partial charge in [0.2, 0.25) is 0 Å². The Morgan fingerprint density at radius 3 is 2.65 bits per heavy atom. The molecule has 1 fully saturated rings. The van der Waals surface area contributed by atoms with E-state index in [1.807, 2.05) is 13.0 Å². The minimum absolute atomic E-state index is 0.0323. The van der Waals surface area contributed by atoms with Crippen molar-refractivity contribution in [1.29, 1.82) is 0 Å². The molecule has 4 rings (SSSR count). The van der Waals surface area contributed by atoms with Gasteiger partial charge in [0.1, 0.15) is 0 Å². The Balaban J connectivity index is 1.80. The van der Waals surface area contributed by atoms with E-state index >= 15 is 0 Å². The lowest BCUT2D eigenvalue weighted by atomic mass is 9.93. The maximum atomic E-state index is 13.3. The third kappa shape index (κ3) is 5.76. The van der Waals surface area contributed by atoms with Crippen LogP contribution in [0.25, 0.3) is 11.3 Å². The first-order valence-electron chi connectivity index (χ1n) is 13.3. The molecule has 0 spiro atoms. The van der Waals surface area contributed by atoms with Crippen molar-refractivity contribution >= 4 is 11.4 Å². The first-order chi connectivity index (χ1) is 17.6. The quantitative estimate of drug-likeness (QED) is 0.261. The number of rotatable bonds is 3. The highest BCUT2D eigenvalue weighted by Crippen LogP contribution is 2.30. The lowest BCUT2D eigenvalue weighted by Gasteiger charge is -2.24. The van der Waals surface area contributed by atoms with Crippen molar-refractivity contribution < 1.29 is 0 Å². The molecule has 0 aromatic heterocycles. The highest BCUT2D eigenvalue weighted by Gasteiger charge is 2.20. The Hall–Kier alpha value is -3.49. The molecule has 0 saturated carbocycles. The first-order valence-corrected chi connectivity index (χ1v) is 13.3. The van der Waals surface area contributed by atoms with Gasteiger partial charge in [-0.3, -0.25) is 9.79 Å². The van der Waals surface area contributed by atoms with Gasteiger partial charge in [0.15, 0.2) is 5.43 Å². The first kappa shape index (κ1) is 26.6. The van der Waals surface area contributed by atoms with Crippen LogP contribution in [0.15, 0.2) is 86.4 Å². The smallest absolute Gasteiger partial charge is 0.190 e. The number of fused-ring (bicyclic) bond motifs is 1. The van der Waals surface area contributed by atoms with Crippen LogP contribution in [-0.4, -0.2) is 30.8 Å². The van der Waals surface area contributed by atoms with Gasteiger partial charge >= 0.3 is 0 Å². The van der Waals surface area contributed by atoms with E-state index in [1.54, 1.807) is 13.1 Å². The second-order valence-electron chi connectivity index (χ2n) is 10.8. The number of aryl methyl sites for hydroxylation is 1. The van der Waals surface area contributed by atoms with Crippen molar-refractivity contribution in [2.24, 2.45) is 16.8 Å². The maximum absolute atomic E-state index is 13.3. The van der Waals surface area contributed by atoms with E-state index in [1.165, 1.54) is 11.1 Å².